The first-order valence-electron chi connectivity index (χ1n) is 4.58. The highest BCUT2D eigenvalue weighted by Crippen LogP contribution is 2.24. The fraction of sp³-hybridized carbons (Fsp3) is 0.400. The number of nitrogens with zero attached hydrogens (tertiary/aromatic N) is 1. The second-order valence-electron chi connectivity index (χ2n) is 3.29. The van der Waals surface area contributed by atoms with Gasteiger partial charge in [0.15, 0.2) is 12.4 Å². The number of Topliss-reactive ketones (excluding diaryl/α,β-unsaturated/α-hetero) is 1. The number of aromatic nitrogens is 1. The molecule has 7 heteroatoms. The van der Waals surface area contributed by atoms with Crippen LogP contribution in [0.15, 0.2) is 18.3 Å². The largest absolute Gasteiger partial charge is 0.485 e. The van der Waals surface area contributed by atoms with Crippen LogP contribution >= 0.6 is 0 Å². The van der Waals surface area contributed by atoms with Gasteiger partial charge >= 0.3 is 12.3 Å². The Bertz CT molecular complexity index is 392. The van der Waals surface area contributed by atoms with Crippen LogP contribution in [0.3, 0.4) is 0 Å². The van der Waals surface area contributed by atoms with E-state index in [-0.39, 0.29) is 17.2 Å². The van der Waals surface area contributed by atoms with Gasteiger partial charge in [-0.1, -0.05) is 0 Å². The van der Waals surface area contributed by atoms with Crippen LogP contribution in [0.2, 0.25) is 0 Å². The van der Waals surface area contributed by atoms with E-state index in [2.05, 4.69) is 9.72 Å². The molecule has 0 atom stereocenters. The minimum atomic E-state index is -4.21. The fourth-order valence-electron chi connectivity index (χ4n) is 0.916. The van der Waals surface area contributed by atoms with Gasteiger partial charge in [-0.15, -0.1) is 0 Å². The summed E-state index contributed by atoms with van der Waals surface area (Å²) in [4.78, 5) is 14.5. The molecule has 0 saturated carbocycles. The number of ketones is 1. The summed E-state index contributed by atoms with van der Waals surface area (Å²) in [7, 11) is 0. The van der Waals surface area contributed by atoms with Crippen molar-refractivity contribution < 1.29 is 27.1 Å². The highest BCUT2D eigenvalue weighted by atomic mass is 19.3. The number of hydrogen-bond acceptors (Lipinski definition) is 3. The van der Waals surface area contributed by atoms with Crippen molar-refractivity contribution in [2.45, 2.75) is 19.3 Å². The number of ether oxygens (including phenoxy) is 1. The highest BCUT2D eigenvalue weighted by Gasteiger charge is 2.41. The molecule has 0 aromatic carbocycles. The van der Waals surface area contributed by atoms with E-state index >= 15 is 0 Å². The summed E-state index contributed by atoms with van der Waals surface area (Å²) < 4.78 is 53.0. The first-order chi connectivity index (χ1) is 7.83. The van der Waals surface area contributed by atoms with Crippen molar-refractivity contribution in [3.8, 4) is 5.75 Å². The average molecular weight is 251 g/mol. The van der Waals surface area contributed by atoms with Crippen LogP contribution in [0.25, 0.3) is 0 Å². The molecule has 0 amide bonds. The molecule has 94 valence electrons. The van der Waals surface area contributed by atoms with E-state index in [1.54, 1.807) is 0 Å². The van der Waals surface area contributed by atoms with Crippen molar-refractivity contribution in [3.63, 3.8) is 0 Å². The molecule has 0 saturated heterocycles. The summed E-state index contributed by atoms with van der Waals surface area (Å²) in [6, 6.07) is 2.48. The number of rotatable bonds is 5. The minimum Gasteiger partial charge on any atom is -0.485 e. The second kappa shape index (κ2) is 5.11. The molecule has 0 aliphatic heterocycles. The molecule has 17 heavy (non-hydrogen) atoms. The van der Waals surface area contributed by atoms with Crippen LogP contribution in [0.5, 0.6) is 5.75 Å². The fourth-order valence-corrected chi connectivity index (χ4v) is 0.916. The maximum absolute atomic E-state index is 12.5. The Hall–Kier alpha value is -1.66. The monoisotopic (exact) mass is 251 g/mol. The Morgan fingerprint density at radius 3 is 2.53 bits per heavy atom. The lowest BCUT2D eigenvalue weighted by atomic mass is 10.3. The van der Waals surface area contributed by atoms with Gasteiger partial charge < -0.3 is 4.74 Å². The quantitative estimate of drug-likeness (QED) is 0.596. The van der Waals surface area contributed by atoms with Crippen molar-refractivity contribution in [1.29, 1.82) is 0 Å². The summed E-state index contributed by atoms with van der Waals surface area (Å²) in [5, 5.41) is 0. The van der Waals surface area contributed by atoms with Gasteiger partial charge in [0.25, 0.3) is 0 Å². The van der Waals surface area contributed by atoms with Gasteiger partial charge in [0, 0.05) is 6.92 Å². The second-order valence-corrected chi connectivity index (χ2v) is 3.29. The van der Waals surface area contributed by atoms with Gasteiger partial charge in [0.05, 0.1) is 6.20 Å². The summed E-state index contributed by atoms with van der Waals surface area (Å²) >= 11 is 0. The van der Waals surface area contributed by atoms with E-state index in [0.717, 1.165) is 6.20 Å². The van der Waals surface area contributed by atoms with E-state index in [9.17, 15) is 22.4 Å². The number of halogens is 4. The number of carbonyl (C=O) groups excluding carboxylic acids is 1. The molecule has 3 nitrogen and oxygen atoms in total. The number of hydrogen-bond donors (Lipinski definition) is 0. The van der Waals surface area contributed by atoms with Crippen LogP contribution in [0, 0.1) is 0 Å². The van der Waals surface area contributed by atoms with Gasteiger partial charge in [-0.3, -0.25) is 4.79 Å². The topological polar surface area (TPSA) is 39.2 Å². The first-order valence-corrected chi connectivity index (χ1v) is 4.58. The van der Waals surface area contributed by atoms with Gasteiger partial charge in [0.1, 0.15) is 11.4 Å². The number of carbonyl (C=O) groups is 1. The summed E-state index contributed by atoms with van der Waals surface area (Å²) in [6.45, 7) is -0.153. The molecule has 0 spiro atoms. The molecule has 0 unspecified atom stereocenters. The molecule has 1 aromatic heterocycles. The Labute approximate surface area is 94.4 Å². The van der Waals surface area contributed by atoms with Crippen molar-refractivity contribution in [2.24, 2.45) is 0 Å². The third kappa shape index (κ3) is 3.69. The van der Waals surface area contributed by atoms with E-state index in [4.69, 9.17) is 0 Å². The summed E-state index contributed by atoms with van der Waals surface area (Å²) in [5.74, 6) is -4.61. The van der Waals surface area contributed by atoms with E-state index in [1.807, 2.05) is 0 Å². The van der Waals surface area contributed by atoms with Gasteiger partial charge in [-0.25, -0.2) is 13.8 Å². The van der Waals surface area contributed by atoms with E-state index < -0.39 is 19.0 Å². The number of pyridine rings is 1. The molecule has 1 heterocycles. The first kappa shape index (κ1) is 13.4. The molecule has 0 aliphatic rings. The zero-order valence-corrected chi connectivity index (χ0v) is 8.79. The summed E-state index contributed by atoms with van der Waals surface area (Å²) in [6.07, 6.45) is -2.76. The molecule has 0 aliphatic carbocycles. The van der Waals surface area contributed by atoms with Crippen LogP contribution in [-0.4, -0.2) is 29.7 Å². The maximum atomic E-state index is 12.5. The molecule has 0 N–H and O–H groups in total. The van der Waals surface area contributed by atoms with Gasteiger partial charge in [0.2, 0.25) is 0 Å². The van der Waals surface area contributed by atoms with Gasteiger partial charge in [-0.05, 0) is 12.1 Å². The lowest BCUT2D eigenvalue weighted by Gasteiger charge is -2.15. The van der Waals surface area contributed by atoms with Crippen LogP contribution in [0.1, 0.15) is 17.4 Å². The third-order valence-electron chi connectivity index (χ3n) is 1.85. The van der Waals surface area contributed by atoms with Crippen molar-refractivity contribution >= 4 is 5.78 Å². The Morgan fingerprint density at radius 2 is 2.12 bits per heavy atom. The predicted octanol–water partition coefficient (Wildman–Crippen LogP) is 2.56. The SMILES string of the molecule is CC(=O)c1ccc(OCC(F)(F)C(F)F)cn1. The summed E-state index contributed by atoms with van der Waals surface area (Å²) in [5.41, 5.74) is 0.137. The molecule has 0 bridgehead atoms. The lowest BCUT2D eigenvalue weighted by molar-refractivity contribution is -0.148. The smallest absolute Gasteiger partial charge is 0.340 e. The van der Waals surface area contributed by atoms with Crippen LogP contribution in [0.4, 0.5) is 17.6 Å². The van der Waals surface area contributed by atoms with Crippen LogP contribution < -0.4 is 4.74 Å². The van der Waals surface area contributed by atoms with Gasteiger partial charge in [-0.2, -0.15) is 8.78 Å². The molecular formula is C10H9F4NO2. The standard InChI is InChI=1S/C10H9F4NO2/c1-6(16)8-3-2-7(4-15-8)17-5-10(13,14)9(11)12/h2-4,9H,5H2,1H3. The highest BCUT2D eigenvalue weighted by molar-refractivity contribution is 5.92. The minimum absolute atomic E-state index is 0.102. The third-order valence-corrected chi connectivity index (χ3v) is 1.85. The Balaban J connectivity index is 2.62. The van der Waals surface area contributed by atoms with E-state index in [1.165, 1.54) is 19.1 Å². The van der Waals surface area contributed by atoms with Crippen molar-refractivity contribution in [3.05, 3.63) is 24.0 Å². The predicted molar refractivity (Wildman–Crippen MR) is 50.7 cm³/mol. The average Bonchev–Trinajstić information content (AvgIpc) is 2.27. The normalized spacial score (nSPS) is 11.6. The van der Waals surface area contributed by atoms with Crippen LogP contribution in [-0.2, 0) is 0 Å². The zero-order chi connectivity index (χ0) is 13.1. The Morgan fingerprint density at radius 1 is 1.47 bits per heavy atom. The van der Waals surface area contributed by atoms with Crippen molar-refractivity contribution in [2.75, 3.05) is 6.61 Å². The maximum Gasteiger partial charge on any atom is 0.340 e. The molecular weight excluding hydrogens is 242 g/mol. The molecule has 0 fully saturated rings. The molecule has 1 aromatic rings. The number of alkyl halides is 4. The molecule has 1 rings (SSSR count). The van der Waals surface area contributed by atoms with Crippen molar-refractivity contribution in [1.82, 2.24) is 4.98 Å². The Kier molecular flexibility index (Phi) is 4.03. The molecule has 0 radical (unpaired) electrons. The van der Waals surface area contributed by atoms with E-state index in [0.29, 0.717) is 0 Å². The lowest BCUT2D eigenvalue weighted by Crippen LogP contribution is -2.33. The zero-order valence-electron chi connectivity index (χ0n) is 8.79.